The van der Waals surface area contributed by atoms with E-state index in [1.54, 1.807) is 19.9 Å². The SMILES string of the molecule is Cc1cc(C(=O)NCC(C)C#N)cc(Cl)n1. The van der Waals surface area contributed by atoms with Gasteiger partial charge in [0.2, 0.25) is 0 Å². The van der Waals surface area contributed by atoms with E-state index < -0.39 is 0 Å². The minimum Gasteiger partial charge on any atom is -0.351 e. The van der Waals surface area contributed by atoms with Gasteiger partial charge in [-0.15, -0.1) is 0 Å². The Kier molecular flexibility index (Phi) is 4.27. The number of nitrogens with one attached hydrogen (secondary N) is 1. The number of hydrogen-bond donors (Lipinski definition) is 1. The van der Waals surface area contributed by atoms with E-state index in [0.717, 1.165) is 0 Å². The third kappa shape index (κ3) is 3.52. The summed E-state index contributed by atoms with van der Waals surface area (Å²) in [5.41, 5.74) is 1.15. The average molecular weight is 238 g/mol. The fourth-order valence-electron chi connectivity index (χ4n) is 1.15. The minimum absolute atomic E-state index is 0.206. The molecule has 0 fully saturated rings. The van der Waals surface area contributed by atoms with Crippen LogP contribution in [0, 0.1) is 24.2 Å². The van der Waals surface area contributed by atoms with Gasteiger partial charge in [0.25, 0.3) is 5.91 Å². The number of carbonyl (C=O) groups excluding carboxylic acids is 1. The number of rotatable bonds is 3. The standard InChI is InChI=1S/C11H12ClN3O/c1-7(5-13)6-14-11(16)9-3-8(2)15-10(12)4-9/h3-4,7H,6H2,1-2H3,(H,14,16). The van der Waals surface area contributed by atoms with E-state index in [-0.39, 0.29) is 11.8 Å². The van der Waals surface area contributed by atoms with Crippen LogP contribution in [-0.4, -0.2) is 17.4 Å². The third-order valence-corrected chi connectivity index (χ3v) is 2.17. The number of aryl methyl sites for hydroxylation is 1. The molecule has 1 atom stereocenters. The van der Waals surface area contributed by atoms with E-state index in [4.69, 9.17) is 16.9 Å². The summed E-state index contributed by atoms with van der Waals surface area (Å²) in [6, 6.07) is 5.19. The quantitative estimate of drug-likeness (QED) is 0.817. The Morgan fingerprint density at radius 2 is 2.38 bits per heavy atom. The van der Waals surface area contributed by atoms with Gasteiger partial charge in [-0.05, 0) is 26.0 Å². The van der Waals surface area contributed by atoms with Crippen molar-refractivity contribution in [3.05, 3.63) is 28.5 Å². The van der Waals surface area contributed by atoms with Gasteiger partial charge >= 0.3 is 0 Å². The molecule has 1 unspecified atom stereocenters. The van der Waals surface area contributed by atoms with Crippen molar-refractivity contribution in [1.29, 1.82) is 5.26 Å². The lowest BCUT2D eigenvalue weighted by Crippen LogP contribution is -2.27. The Balaban J connectivity index is 2.70. The van der Waals surface area contributed by atoms with Crippen LogP contribution in [0.2, 0.25) is 5.15 Å². The maximum atomic E-state index is 11.7. The van der Waals surface area contributed by atoms with Crippen molar-refractivity contribution < 1.29 is 4.79 Å². The first-order valence-corrected chi connectivity index (χ1v) is 5.22. The summed E-state index contributed by atoms with van der Waals surface area (Å²) in [6.07, 6.45) is 0. The van der Waals surface area contributed by atoms with E-state index in [9.17, 15) is 4.79 Å². The number of carbonyl (C=O) groups is 1. The lowest BCUT2D eigenvalue weighted by Gasteiger charge is -2.06. The summed E-state index contributed by atoms with van der Waals surface area (Å²) >= 11 is 5.74. The fraction of sp³-hybridized carbons (Fsp3) is 0.364. The Morgan fingerprint density at radius 1 is 1.69 bits per heavy atom. The monoisotopic (exact) mass is 237 g/mol. The minimum atomic E-state index is -0.241. The van der Waals surface area contributed by atoms with Gasteiger partial charge in [0.1, 0.15) is 5.15 Å². The topological polar surface area (TPSA) is 65.8 Å². The lowest BCUT2D eigenvalue weighted by molar-refractivity contribution is 0.0950. The van der Waals surface area contributed by atoms with Gasteiger partial charge < -0.3 is 5.32 Å². The summed E-state index contributed by atoms with van der Waals surface area (Å²) in [5, 5.41) is 11.5. The second-order valence-electron chi connectivity index (χ2n) is 3.56. The average Bonchev–Trinajstić information content (AvgIpc) is 2.23. The molecule has 0 aliphatic rings. The van der Waals surface area contributed by atoms with Crippen LogP contribution in [0.5, 0.6) is 0 Å². The van der Waals surface area contributed by atoms with Gasteiger partial charge in [-0.1, -0.05) is 11.6 Å². The van der Waals surface area contributed by atoms with Crippen LogP contribution in [0.15, 0.2) is 12.1 Å². The summed E-state index contributed by atoms with van der Waals surface area (Å²) in [4.78, 5) is 15.6. The van der Waals surface area contributed by atoms with Crippen LogP contribution >= 0.6 is 11.6 Å². The smallest absolute Gasteiger partial charge is 0.251 e. The number of amides is 1. The second-order valence-corrected chi connectivity index (χ2v) is 3.95. The van der Waals surface area contributed by atoms with Crippen molar-refractivity contribution in [2.24, 2.45) is 5.92 Å². The molecule has 0 aliphatic carbocycles. The number of nitrogens with zero attached hydrogens (tertiary/aromatic N) is 2. The predicted molar refractivity (Wildman–Crippen MR) is 61.1 cm³/mol. The molecule has 84 valence electrons. The van der Waals surface area contributed by atoms with Gasteiger partial charge in [-0.3, -0.25) is 4.79 Å². The number of hydrogen-bond acceptors (Lipinski definition) is 3. The Hall–Kier alpha value is -1.60. The molecule has 4 nitrogen and oxygen atoms in total. The van der Waals surface area contributed by atoms with E-state index in [1.165, 1.54) is 6.07 Å². The van der Waals surface area contributed by atoms with Crippen molar-refractivity contribution >= 4 is 17.5 Å². The zero-order chi connectivity index (χ0) is 12.1. The first-order valence-electron chi connectivity index (χ1n) is 4.85. The number of halogens is 1. The molecule has 1 amide bonds. The van der Waals surface area contributed by atoms with E-state index in [0.29, 0.717) is 23.0 Å². The molecule has 0 bridgehead atoms. The van der Waals surface area contributed by atoms with Gasteiger partial charge in [0, 0.05) is 17.8 Å². The van der Waals surface area contributed by atoms with E-state index in [1.807, 2.05) is 6.07 Å². The van der Waals surface area contributed by atoms with Crippen molar-refractivity contribution in [3.63, 3.8) is 0 Å². The lowest BCUT2D eigenvalue weighted by atomic mass is 10.2. The molecular formula is C11H12ClN3O. The predicted octanol–water partition coefficient (Wildman–Crippen LogP) is 1.93. The van der Waals surface area contributed by atoms with Crippen LogP contribution in [0.25, 0.3) is 0 Å². The first-order chi connectivity index (χ1) is 7.52. The molecule has 1 N–H and O–H groups in total. The van der Waals surface area contributed by atoms with Crippen LogP contribution in [0.1, 0.15) is 23.0 Å². The van der Waals surface area contributed by atoms with Gasteiger partial charge in [0.05, 0.1) is 12.0 Å². The molecule has 0 spiro atoms. The van der Waals surface area contributed by atoms with Crippen LogP contribution in [-0.2, 0) is 0 Å². The molecule has 1 aromatic rings. The molecule has 16 heavy (non-hydrogen) atoms. The summed E-state index contributed by atoms with van der Waals surface area (Å²) in [6.45, 7) is 3.83. The molecular weight excluding hydrogens is 226 g/mol. The number of nitriles is 1. The maximum Gasteiger partial charge on any atom is 0.251 e. The van der Waals surface area contributed by atoms with Crippen molar-refractivity contribution in [2.45, 2.75) is 13.8 Å². The molecule has 0 saturated heterocycles. The summed E-state index contributed by atoms with van der Waals surface area (Å²) in [7, 11) is 0. The van der Waals surface area contributed by atoms with Crippen molar-refractivity contribution in [2.75, 3.05) is 6.54 Å². The molecule has 1 rings (SSSR count). The van der Waals surface area contributed by atoms with Crippen LogP contribution in [0.4, 0.5) is 0 Å². The van der Waals surface area contributed by atoms with Crippen molar-refractivity contribution in [3.8, 4) is 6.07 Å². The molecule has 1 heterocycles. The Bertz CT molecular complexity index is 419. The molecule has 0 radical (unpaired) electrons. The Morgan fingerprint density at radius 3 is 2.94 bits per heavy atom. The molecule has 1 aromatic heterocycles. The van der Waals surface area contributed by atoms with Gasteiger partial charge in [0.15, 0.2) is 0 Å². The highest BCUT2D eigenvalue weighted by atomic mass is 35.5. The Labute approximate surface area is 99.2 Å². The van der Waals surface area contributed by atoms with Gasteiger partial charge in [-0.25, -0.2) is 4.98 Å². The van der Waals surface area contributed by atoms with Crippen molar-refractivity contribution in [1.82, 2.24) is 10.3 Å². The van der Waals surface area contributed by atoms with Gasteiger partial charge in [-0.2, -0.15) is 5.26 Å². The molecule has 5 heteroatoms. The highest BCUT2D eigenvalue weighted by Crippen LogP contribution is 2.10. The first kappa shape index (κ1) is 12.5. The highest BCUT2D eigenvalue weighted by molar-refractivity contribution is 6.29. The maximum absolute atomic E-state index is 11.7. The van der Waals surface area contributed by atoms with Crippen LogP contribution < -0.4 is 5.32 Å². The zero-order valence-electron chi connectivity index (χ0n) is 9.12. The second kappa shape index (κ2) is 5.47. The largest absolute Gasteiger partial charge is 0.351 e. The van der Waals surface area contributed by atoms with E-state index in [2.05, 4.69) is 10.3 Å². The van der Waals surface area contributed by atoms with Crippen LogP contribution in [0.3, 0.4) is 0 Å². The highest BCUT2D eigenvalue weighted by Gasteiger charge is 2.09. The number of aromatic nitrogens is 1. The summed E-state index contributed by atoms with van der Waals surface area (Å²) in [5.74, 6) is -0.447. The molecule has 0 saturated carbocycles. The molecule has 0 aromatic carbocycles. The fourth-order valence-corrected chi connectivity index (χ4v) is 1.40. The molecule has 0 aliphatic heterocycles. The normalized spacial score (nSPS) is 11.6. The zero-order valence-corrected chi connectivity index (χ0v) is 9.88. The van der Waals surface area contributed by atoms with E-state index >= 15 is 0 Å². The third-order valence-electron chi connectivity index (χ3n) is 1.97. The number of pyridine rings is 1. The summed E-state index contributed by atoms with van der Waals surface area (Å²) < 4.78 is 0.